The van der Waals surface area contributed by atoms with E-state index >= 15 is 0 Å². The molecule has 224 valence electrons. The van der Waals surface area contributed by atoms with Crippen molar-refractivity contribution in [2.75, 3.05) is 4.90 Å². The summed E-state index contributed by atoms with van der Waals surface area (Å²) in [5.41, 5.74) is 7.73. The summed E-state index contributed by atoms with van der Waals surface area (Å²) in [5.74, 6) is 1.67. The van der Waals surface area contributed by atoms with Gasteiger partial charge in [-0.1, -0.05) is 151 Å². The van der Waals surface area contributed by atoms with E-state index in [9.17, 15) is 0 Å². The maximum Gasteiger partial charge on any atom is 0.138 e. The quantitative estimate of drug-likeness (QED) is 0.178. The topological polar surface area (TPSA) is 12.5 Å². The number of anilines is 3. The van der Waals surface area contributed by atoms with Crippen LogP contribution in [0, 0.1) is 0 Å². The zero-order valence-corrected chi connectivity index (χ0v) is 27.2. The van der Waals surface area contributed by atoms with Crippen LogP contribution in [0.3, 0.4) is 0 Å². The van der Waals surface area contributed by atoms with Crippen LogP contribution in [0.4, 0.5) is 17.1 Å². The first kappa shape index (κ1) is 28.0. The number of hydrogen-bond donors (Lipinski definition) is 0. The number of benzene rings is 7. The lowest BCUT2D eigenvalue weighted by Gasteiger charge is -2.46. The van der Waals surface area contributed by atoms with Crippen molar-refractivity contribution in [2.45, 2.75) is 5.41 Å². The van der Waals surface area contributed by atoms with Gasteiger partial charge in [-0.15, -0.1) is 0 Å². The van der Waals surface area contributed by atoms with Gasteiger partial charge in [0.05, 0.1) is 16.8 Å². The molecule has 7 aromatic rings. The fourth-order valence-electron chi connectivity index (χ4n) is 7.64. The van der Waals surface area contributed by atoms with Gasteiger partial charge in [-0.05, 0) is 64.0 Å². The molecule has 47 heavy (non-hydrogen) atoms. The average Bonchev–Trinajstić information content (AvgIpc) is 3.15. The van der Waals surface area contributed by atoms with Crippen molar-refractivity contribution in [2.24, 2.45) is 0 Å². The average molecular weight is 640 g/mol. The van der Waals surface area contributed by atoms with E-state index < -0.39 is 11.5 Å². The molecule has 0 N–H and O–H groups in total. The number of rotatable bonds is 4. The molecule has 2 aliphatic heterocycles. The van der Waals surface area contributed by atoms with Crippen LogP contribution in [0.1, 0.15) is 22.3 Å². The minimum Gasteiger partial charge on any atom is -0.456 e. The minimum atomic E-state index is -2.35. The first-order valence-electron chi connectivity index (χ1n) is 15.9. The second-order valence-electron chi connectivity index (χ2n) is 12.0. The molecule has 2 nitrogen and oxygen atoms in total. The lowest BCUT2D eigenvalue weighted by molar-refractivity contribution is 0.488. The van der Waals surface area contributed by atoms with Crippen molar-refractivity contribution < 1.29 is 4.74 Å². The van der Waals surface area contributed by atoms with Crippen LogP contribution in [0.25, 0.3) is 0 Å². The molecule has 9 rings (SSSR count). The van der Waals surface area contributed by atoms with Gasteiger partial charge >= 0.3 is 0 Å². The highest BCUT2D eigenvalue weighted by molar-refractivity contribution is 8.25. The Labute approximate surface area is 280 Å². The van der Waals surface area contributed by atoms with Crippen LogP contribution < -0.4 is 25.6 Å². The van der Waals surface area contributed by atoms with Crippen molar-refractivity contribution in [3.05, 3.63) is 204 Å². The normalized spacial score (nSPS) is 17.0. The van der Waals surface area contributed by atoms with E-state index in [2.05, 4.69) is 181 Å². The Balaban J connectivity index is 1.30. The molecular weight excluding hydrogens is 610 g/mol. The molecule has 0 bridgehead atoms. The molecule has 0 saturated carbocycles. The molecule has 0 saturated heterocycles. The molecule has 0 radical (unpaired) electrons. The van der Waals surface area contributed by atoms with E-state index in [4.69, 9.17) is 16.5 Å². The van der Waals surface area contributed by atoms with Gasteiger partial charge in [-0.3, -0.25) is 0 Å². The summed E-state index contributed by atoms with van der Waals surface area (Å²) < 4.78 is 6.72. The highest BCUT2D eigenvalue weighted by Gasteiger charge is 2.46. The first-order valence-corrected chi connectivity index (χ1v) is 18.7. The highest BCUT2D eigenvalue weighted by Crippen LogP contribution is 2.58. The van der Waals surface area contributed by atoms with Crippen LogP contribution in [-0.4, -0.2) is 0 Å². The zero-order chi connectivity index (χ0) is 31.4. The van der Waals surface area contributed by atoms with Crippen LogP contribution in [0.2, 0.25) is 0 Å². The molecule has 0 amide bonds. The minimum absolute atomic E-state index is 0.509. The molecule has 0 aliphatic carbocycles. The van der Waals surface area contributed by atoms with E-state index in [0.717, 1.165) is 39.2 Å². The Kier molecular flexibility index (Phi) is 6.54. The van der Waals surface area contributed by atoms with Gasteiger partial charge in [0, 0.05) is 28.4 Å². The van der Waals surface area contributed by atoms with Gasteiger partial charge in [0.15, 0.2) is 0 Å². The highest BCUT2D eigenvalue weighted by atomic mass is 32.4. The predicted octanol–water partition coefficient (Wildman–Crippen LogP) is 9.71. The van der Waals surface area contributed by atoms with Crippen LogP contribution >= 0.6 is 6.04 Å². The predicted molar refractivity (Wildman–Crippen MR) is 199 cm³/mol. The van der Waals surface area contributed by atoms with E-state index in [1.54, 1.807) is 0 Å². The fourth-order valence-corrected chi connectivity index (χ4v) is 11.8. The second kappa shape index (κ2) is 11.0. The van der Waals surface area contributed by atoms with Gasteiger partial charge in [-0.2, -0.15) is 0 Å². The molecule has 1 atom stereocenters. The molecule has 7 aromatic carbocycles. The Bertz CT molecular complexity index is 2230. The smallest absolute Gasteiger partial charge is 0.138 e. The SMILES string of the molecule is S=P1(c2ccccc2)c2ccccc2Oc2cc(N3c4ccccc4C(c4ccccc4)(c4ccccc4)c4ccccc43)ccc21. The lowest BCUT2D eigenvalue weighted by Crippen LogP contribution is -2.37. The maximum absolute atomic E-state index is 6.72. The van der Waals surface area contributed by atoms with Crippen LogP contribution in [0.15, 0.2) is 182 Å². The number of hydrogen-bond acceptors (Lipinski definition) is 3. The van der Waals surface area contributed by atoms with Gasteiger partial charge in [-0.25, -0.2) is 0 Å². The van der Waals surface area contributed by atoms with Crippen LogP contribution in [0.5, 0.6) is 11.5 Å². The third-order valence-corrected chi connectivity index (χ3v) is 14.5. The summed E-state index contributed by atoms with van der Waals surface area (Å²) in [7, 11) is 0. The number of nitrogens with zero attached hydrogens (tertiary/aromatic N) is 1. The summed E-state index contributed by atoms with van der Waals surface area (Å²) in [5, 5.41) is 3.36. The van der Waals surface area contributed by atoms with E-state index in [-0.39, 0.29) is 0 Å². The van der Waals surface area contributed by atoms with Crippen molar-refractivity contribution >= 4 is 50.8 Å². The summed E-state index contributed by atoms with van der Waals surface area (Å²) in [4.78, 5) is 2.39. The van der Waals surface area contributed by atoms with Gasteiger partial charge in [0.1, 0.15) is 11.5 Å². The van der Waals surface area contributed by atoms with Crippen molar-refractivity contribution in [3.8, 4) is 11.5 Å². The fraction of sp³-hybridized carbons (Fsp3) is 0.0233. The monoisotopic (exact) mass is 639 g/mol. The summed E-state index contributed by atoms with van der Waals surface area (Å²) in [6.45, 7) is 0. The summed E-state index contributed by atoms with van der Waals surface area (Å²) in [6, 6.07) is 62.6. The molecule has 2 aliphatic rings. The largest absolute Gasteiger partial charge is 0.456 e. The Hall–Kier alpha value is -5.21. The molecule has 2 heterocycles. The molecular formula is C43H30NOPS. The number of fused-ring (bicyclic) bond motifs is 4. The van der Waals surface area contributed by atoms with E-state index in [0.29, 0.717) is 0 Å². The standard InChI is InChI=1S/C43H30NOPS/c47-46(34-20-8-3-9-21-34)41-27-15-14-26-39(41)45-40-30-33(28-29-42(40)46)44-37-24-12-10-22-35(37)43(31-16-4-1-5-17-31,32-18-6-2-7-19-32)36-23-11-13-25-38(36)44/h1-30H. The number of ether oxygens (including phenoxy) is 1. The number of para-hydroxylation sites is 3. The Morgan fingerprint density at radius 2 is 0.957 bits per heavy atom. The van der Waals surface area contributed by atoms with E-state index in [1.807, 2.05) is 6.07 Å². The molecule has 0 aromatic heterocycles. The van der Waals surface area contributed by atoms with Gasteiger partial charge in [0.2, 0.25) is 0 Å². The summed E-state index contributed by atoms with van der Waals surface area (Å²) >= 11 is 6.71. The van der Waals surface area contributed by atoms with Crippen molar-refractivity contribution in [1.29, 1.82) is 0 Å². The Morgan fingerprint density at radius 3 is 1.57 bits per heavy atom. The Morgan fingerprint density at radius 1 is 0.468 bits per heavy atom. The molecule has 0 spiro atoms. The van der Waals surface area contributed by atoms with Gasteiger partial charge in [0.25, 0.3) is 0 Å². The second-order valence-corrected chi connectivity index (χ2v) is 16.4. The van der Waals surface area contributed by atoms with Crippen LogP contribution in [-0.2, 0) is 17.2 Å². The molecule has 4 heteroatoms. The third kappa shape index (κ3) is 4.07. The third-order valence-electron chi connectivity index (χ3n) is 9.60. The zero-order valence-electron chi connectivity index (χ0n) is 25.5. The maximum atomic E-state index is 6.72. The lowest BCUT2D eigenvalue weighted by atomic mass is 9.62. The van der Waals surface area contributed by atoms with Crippen molar-refractivity contribution in [3.63, 3.8) is 0 Å². The molecule has 0 fully saturated rings. The first-order chi connectivity index (χ1) is 23.2. The molecule has 1 unspecified atom stereocenters. The van der Waals surface area contributed by atoms with Gasteiger partial charge < -0.3 is 9.64 Å². The summed E-state index contributed by atoms with van der Waals surface area (Å²) in [6.07, 6.45) is 0. The van der Waals surface area contributed by atoms with E-state index in [1.165, 1.54) is 27.6 Å². The van der Waals surface area contributed by atoms with Crippen molar-refractivity contribution in [1.82, 2.24) is 0 Å².